The van der Waals surface area contributed by atoms with Crippen LogP contribution in [-0.4, -0.2) is 37.8 Å². The number of likely N-dealkylation sites (N-methyl/N-ethyl adjacent to an activating group) is 1. The van der Waals surface area contributed by atoms with Crippen LogP contribution in [0.2, 0.25) is 0 Å². The maximum Gasteiger partial charge on any atom is 0.401 e. The summed E-state index contributed by atoms with van der Waals surface area (Å²) in [5, 5.41) is 2.86. The Labute approximate surface area is 99.4 Å². The number of nitrogens with one attached hydrogen (secondary N) is 1. The van der Waals surface area contributed by atoms with Crippen molar-refractivity contribution in [3.63, 3.8) is 0 Å². The van der Waals surface area contributed by atoms with Gasteiger partial charge < -0.3 is 5.32 Å². The summed E-state index contributed by atoms with van der Waals surface area (Å²) < 4.78 is 37.1. The van der Waals surface area contributed by atoms with E-state index in [2.05, 4.69) is 5.32 Å². The second-order valence-electron chi connectivity index (χ2n) is 3.91. The van der Waals surface area contributed by atoms with E-state index in [9.17, 15) is 13.2 Å². The Bertz CT molecular complexity index is 311. The van der Waals surface area contributed by atoms with Gasteiger partial charge >= 0.3 is 6.18 Å². The van der Waals surface area contributed by atoms with E-state index >= 15 is 0 Å². The summed E-state index contributed by atoms with van der Waals surface area (Å²) in [5.41, 5.74) is 0.896. The predicted molar refractivity (Wildman–Crippen MR) is 61.7 cm³/mol. The Balaban J connectivity index is 2.57. The van der Waals surface area contributed by atoms with E-state index in [-0.39, 0.29) is 0 Å². The highest BCUT2D eigenvalue weighted by molar-refractivity contribution is 5.14. The van der Waals surface area contributed by atoms with Gasteiger partial charge in [0.05, 0.1) is 6.54 Å². The SMILES string of the molecule is CNCCN(Cc1ccccc1)CC(F)(F)F. The van der Waals surface area contributed by atoms with Gasteiger partial charge in [-0.25, -0.2) is 0 Å². The van der Waals surface area contributed by atoms with Crippen molar-refractivity contribution in [3.8, 4) is 0 Å². The van der Waals surface area contributed by atoms with E-state index in [4.69, 9.17) is 0 Å². The number of nitrogens with zero attached hydrogens (tertiary/aromatic N) is 1. The zero-order valence-corrected chi connectivity index (χ0v) is 9.80. The van der Waals surface area contributed by atoms with Crippen LogP contribution in [0, 0.1) is 0 Å². The molecule has 0 heterocycles. The van der Waals surface area contributed by atoms with E-state index in [0.717, 1.165) is 5.56 Å². The van der Waals surface area contributed by atoms with Crippen molar-refractivity contribution in [2.75, 3.05) is 26.7 Å². The summed E-state index contributed by atoms with van der Waals surface area (Å²) >= 11 is 0. The lowest BCUT2D eigenvalue weighted by molar-refractivity contribution is -0.146. The highest BCUT2D eigenvalue weighted by Gasteiger charge is 2.30. The van der Waals surface area contributed by atoms with Crippen LogP contribution in [0.3, 0.4) is 0 Å². The van der Waals surface area contributed by atoms with Gasteiger partial charge in [0.2, 0.25) is 0 Å². The van der Waals surface area contributed by atoms with Crippen LogP contribution in [0.1, 0.15) is 5.56 Å². The highest BCUT2D eigenvalue weighted by Crippen LogP contribution is 2.17. The molecule has 1 aromatic carbocycles. The molecule has 0 bridgehead atoms. The first kappa shape index (κ1) is 14.0. The van der Waals surface area contributed by atoms with Crippen molar-refractivity contribution in [2.45, 2.75) is 12.7 Å². The summed E-state index contributed by atoms with van der Waals surface area (Å²) in [6.07, 6.45) is -4.15. The fourth-order valence-electron chi connectivity index (χ4n) is 1.58. The molecule has 0 amide bonds. The third kappa shape index (κ3) is 6.28. The Morgan fingerprint density at radius 3 is 2.35 bits per heavy atom. The molecule has 2 nitrogen and oxygen atoms in total. The average molecular weight is 246 g/mol. The molecule has 0 saturated heterocycles. The summed E-state index contributed by atoms with van der Waals surface area (Å²) in [5.74, 6) is 0. The van der Waals surface area contributed by atoms with Crippen LogP contribution in [0.4, 0.5) is 13.2 Å². The molecule has 0 aromatic heterocycles. The molecular weight excluding hydrogens is 229 g/mol. The average Bonchev–Trinajstić information content (AvgIpc) is 2.25. The maximum atomic E-state index is 12.4. The molecule has 0 radical (unpaired) electrons. The van der Waals surface area contributed by atoms with Crippen LogP contribution in [0.5, 0.6) is 0 Å². The minimum Gasteiger partial charge on any atom is -0.318 e. The first-order valence-electron chi connectivity index (χ1n) is 5.49. The molecule has 1 rings (SSSR count). The molecule has 0 spiro atoms. The summed E-state index contributed by atoms with van der Waals surface area (Å²) in [4.78, 5) is 1.39. The van der Waals surface area contributed by atoms with E-state index in [0.29, 0.717) is 19.6 Å². The molecule has 5 heteroatoms. The summed E-state index contributed by atoms with van der Waals surface area (Å²) in [6.45, 7) is 0.374. The maximum absolute atomic E-state index is 12.4. The van der Waals surface area contributed by atoms with E-state index in [1.54, 1.807) is 7.05 Å². The third-order valence-corrected chi connectivity index (χ3v) is 2.33. The molecule has 17 heavy (non-hydrogen) atoms. The van der Waals surface area contributed by atoms with Crippen LogP contribution in [0.15, 0.2) is 30.3 Å². The molecule has 0 aliphatic rings. The Kier molecular flexibility index (Phi) is 5.44. The fraction of sp³-hybridized carbons (Fsp3) is 0.500. The van der Waals surface area contributed by atoms with Crippen LogP contribution in [0.25, 0.3) is 0 Å². The zero-order valence-electron chi connectivity index (χ0n) is 9.80. The van der Waals surface area contributed by atoms with Crippen molar-refractivity contribution >= 4 is 0 Å². The lowest BCUT2D eigenvalue weighted by atomic mass is 10.2. The smallest absolute Gasteiger partial charge is 0.318 e. The van der Waals surface area contributed by atoms with Crippen molar-refractivity contribution in [2.24, 2.45) is 0 Å². The van der Waals surface area contributed by atoms with Crippen molar-refractivity contribution in [1.82, 2.24) is 10.2 Å². The number of hydrogen-bond acceptors (Lipinski definition) is 2. The van der Waals surface area contributed by atoms with Crippen LogP contribution >= 0.6 is 0 Å². The molecule has 0 aliphatic heterocycles. The van der Waals surface area contributed by atoms with Gasteiger partial charge in [-0.1, -0.05) is 30.3 Å². The monoisotopic (exact) mass is 246 g/mol. The van der Waals surface area contributed by atoms with Crippen LogP contribution < -0.4 is 5.32 Å². The highest BCUT2D eigenvalue weighted by atomic mass is 19.4. The van der Waals surface area contributed by atoms with Crippen molar-refractivity contribution < 1.29 is 13.2 Å². The number of halogens is 3. The zero-order chi connectivity index (χ0) is 12.7. The van der Waals surface area contributed by atoms with E-state index in [1.807, 2.05) is 30.3 Å². The van der Waals surface area contributed by atoms with Gasteiger partial charge in [-0.15, -0.1) is 0 Å². The first-order chi connectivity index (χ1) is 8.01. The summed E-state index contributed by atoms with van der Waals surface area (Å²) in [7, 11) is 1.73. The molecule has 0 unspecified atom stereocenters. The summed E-state index contributed by atoms with van der Waals surface area (Å²) in [6, 6.07) is 9.19. The molecule has 0 fully saturated rings. The molecule has 96 valence electrons. The van der Waals surface area contributed by atoms with Gasteiger partial charge in [0.15, 0.2) is 0 Å². The Hall–Kier alpha value is -1.07. The molecule has 1 N–H and O–H groups in total. The molecule has 0 atom stereocenters. The van der Waals surface area contributed by atoms with E-state index < -0.39 is 12.7 Å². The Morgan fingerprint density at radius 1 is 1.18 bits per heavy atom. The molecular formula is C12H17F3N2. The number of benzene rings is 1. The fourth-order valence-corrected chi connectivity index (χ4v) is 1.58. The number of alkyl halides is 3. The largest absolute Gasteiger partial charge is 0.401 e. The van der Waals surface area contributed by atoms with Crippen LogP contribution in [-0.2, 0) is 6.54 Å². The minimum atomic E-state index is -4.15. The standard InChI is InChI=1S/C12H17F3N2/c1-16-7-8-17(10-12(13,14)15)9-11-5-3-2-4-6-11/h2-6,16H,7-10H2,1H3. The molecule has 1 aromatic rings. The quantitative estimate of drug-likeness (QED) is 0.828. The van der Waals surface area contributed by atoms with Crippen molar-refractivity contribution in [3.05, 3.63) is 35.9 Å². The van der Waals surface area contributed by atoms with Gasteiger partial charge in [0.25, 0.3) is 0 Å². The normalized spacial score (nSPS) is 12.1. The molecule has 0 saturated carbocycles. The van der Waals surface area contributed by atoms with Gasteiger partial charge in [-0.3, -0.25) is 4.90 Å². The second kappa shape index (κ2) is 6.61. The lowest BCUT2D eigenvalue weighted by Crippen LogP contribution is -2.37. The van der Waals surface area contributed by atoms with Gasteiger partial charge in [-0.2, -0.15) is 13.2 Å². The van der Waals surface area contributed by atoms with Gasteiger partial charge in [0.1, 0.15) is 0 Å². The minimum absolute atomic E-state index is 0.321. The lowest BCUT2D eigenvalue weighted by Gasteiger charge is -2.23. The second-order valence-corrected chi connectivity index (χ2v) is 3.91. The van der Waals surface area contributed by atoms with E-state index in [1.165, 1.54) is 4.90 Å². The topological polar surface area (TPSA) is 15.3 Å². The first-order valence-corrected chi connectivity index (χ1v) is 5.49. The third-order valence-electron chi connectivity index (χ3n) is 2.33. The predicted octanol–water partition coefficient (Wildman–Crippen LogP) is 2.27. The Morgan fingerprint density at radius 2 is 1.82 bits per heavy atom. The number of rotatable bonds is 6. The molecule has 0 aliphatic carbocycles. The van der Waals surface area contributed by atoms with Crippen molar-refractivity contribution in [1.29, 1.82) is 0 Å². The van der Waals surface area contributed by atoms with Gasteiger partial charge in [0, 0.05) is 19.6 Å². The number of hydrogen-bond donors (Lipinski definition) is 1. The van der Waals surface area contributed by atoms with Gasteiger partial charge in [-0.05, 0) is 12.6 Å².